The van der Waals surface area contributed by atoms with Crippen molar-refractivity contribution in [3.8, 4) is 0 Å². The minimum absolute atomic E-state index is 0.802. The Morgan fingerprint density at radius 3 is 2.88 bits per heavy atom. The molecule has 0 fully saturated rings. The van der Waals surface area contributed by atoms with E-state index in [4.69, 9.17) is 11.6 Å². The first-order chi connectivity index (χ1) is 7.68. The number of H-pyrrole nitrogens is 1. The zero-order chi connectivity index (χ0) is 11.5. The van der Waals surface area contributed by atoms with Crippen molar-refractivity contribution in [2.45, 2.75) is 12.8 Å². The summed E-state index contributed by atoms with van der Waals surface area (Å²) in [6, 6.07) is 6.06. The molecule has 0 spiro atoms. The van der Waals surface area contributed by atoms with E-state index in [1.165, 1.54) is 17.4 Å². The predicted octanol–water partition coefficient (Wildman–Crippen LogP) is 3.32. The minimum Gasteiger partial charge on any atom is -0.360 e. The van der Waals surface area contributed by atoms with Crippen LogP contribution in [0.3, 0.4) is 0 Å². The molecular formula is C13H17ClN2. The Labute approximate surface area is 101 Å². The Hall–Kier alpha value is -0.990. The van der Waals surface area contributed by atoms with Crippen LogP contribution in [-0.4, -0.2) is 30.5 Å². The number of hydrogen-bond acceptors (Lipinski definition) is 1. The summed E-state index contributed by atoms with van der Waals surface area (Å²) >= 11 is 6.12. The van der Waals surface area contributed by atoms with Gasteiger partial charge in [-0.25, -0.2) is 0 Å². The summed E-state index contributed by atoms with van der Waals surface area (Å²) in [5.74, 6) is 0. The average molecular weight is 237 g/mol. The Morgan fingerprint density at radius 2 is 2.12 bits per heavy atom. The monoisotopic (exact) mass is 236 g/mol. The number of para-hydroxylation sites is 1. The molecule has 1 N–H and O–H groups in total. The topological polar surface area (TPSA) is 19.0 Å². The second kappa shape index (κ2) is 4.89. The summed E-state index contributed by atoms with van der Waals surface area (Å²) in [5, 5.41) is 2.06. The van der Waals surface area contributed by atoms with E-state index in [0.717, 1.165) is 23.5 Å². The van der Waals surface area contributed by atoms with Crippen molar-refractivity contribution < 1.29 is 0 Å². The first-order valence-electron chi connectivity index (χ1n) is 5.57. The number of nitrogens with one attached hydrogen (secondary N) is 1. The first kappa shape index (κ1) is 11.5. The number of fused-ring (bicyclic) bond motifs is 1. The molecule has 0 unspecified atom stereocenters. The Morgan fingerprint density at radius 1 is 1.31 bits per heavy atom. The molecule has 0 aliphatic carbocycles. The third kappa shape index (κ3) is 2.39. The van der Waals surface area contributed by atoms with Crippen molar-refractivity contribution >= 4 is 22.5 Å². The standard InChI is InChI=1S/C13H17ClN2/c1-16(2)8-4-5-10-9-15-13-11(10)6-3-7-12(13)14/h3,6-7,9,15H,4-5,8H2,1-2H3. The van der Waals surface area contributed by atoms with Gasteiger partial charge in [-0.2, -0.15) is 0 Å². The first-order valence-corrected chi connectivity index (χ1v) is 5.95. The number of aromatic amines is 1. The Bertz CT molecular complexity index is 474. The lowest BCUT2D eigenvalue weighted by Crippen LogP contribution is -2.13. The third-order valence-corrected chi connectivity index (χ3v) is 3.12. The molecule has 2 rings (SSSR count). The van der Waals surface area contributed by atoms with Crippen LogP contribution in [0.15, 0.2) is 24.4 Å². The number of rotatable bonds is 4. The van der Waals surface area contributed by atoms with Gasteiger partial charge in [0.2, 0.25) is 0 Å². The number of aromatic nitrogens is 1. The normalized spacial score (nSPS) is 11.5. The molecule has 0 aliphatic heterocycles. The predicted molar refractivity (Wildman–Crippen MR) is 70.2 cm³/mol. The van der Waals surface area contributed by atoms with E-state index >= 15 is 0 Å². The molecular weight excluding hydrogens is 220 g/mol. The van der Waals surface area contributed by atoms with Gasteiger partial charge in [-0.1, -0.05) is 23.7 Å². The van der Waals surface area contributed by atoms with E-state index in [-0.39, 0.29) is 0 Å². The summed E-state index contributed by atoms with van der Waals surface area (Å²) in [5.41, 5.74) is 2.42. The van der Waals surface area contributed by atoms with Crippen LogP contribution in [0.1, 0.15) is 12.0 Å². The minimum atomic E-state index is 0.802. The maximum absolute atomic E-state index is 6.12. The molecule has 0 radical (unpaired) electrons. The zero-order valence-electron chi connectivity index (χ0n) is 9.76. The highest BCUT2D eigenvalue weighted by atomic mass is 35.5. The molecule has 0 saturated heterocycles. The number of halogens is 1. The smallest absolute Gasteiger partial charge is 0.0647 e. The van der Waals surface area contributed by atoms with Crippen LogP contribution in [0.25, 0.3) is 10.9 Å². The molecule has 1 heterocycles. The van der Waals surface area contributed by atoms with Crippen LogP contribution in [0.5, 0.6) is 0 Å². The zero-order valence-corrected chi connectivity index (χ0v) is 10.5. The van der Waals surface area contributed by atoms with Crippen LogP contribution < -0.4 is 0 Å². The second-order valence-corrected chi connectivity index (χ2v) is 4.79. The van der Waals surface area contributed by atoms with Gasteiger partial charge in [0.05, 0.1) is 10.5 Å². The maximum Gasteiger partial charge on any atom is 0.0647 e. The average Bonchev–Trinajstić information content (AvgIpc) is 2.63. The van der Waals surface area contributed by atoms with Crippen LogP contribution in [0, 0.1) is 0 Å². The molecule has 1 aromatic carbocycles. The van der Waals surface area contributed by atoms with E-state index in [9.17, 15) is 0 Å². The molecule has 1 aromatic heterocycles. The van der Waals surface area contributed by atoms with Crippen molar-refractivity contribution in [3.05, 3.63) is 35.0 Å². The summed E-state index contributed by atoms with van der Waals surface area (Å²) in [4.78, 5) is 5.46. The Balaban J connectivity index is 2.16. The van der Waals surface area contributed by atoms with E-state index in [1.807, 2.05) is 12.1 Å². The number of hydrogen-bond donors (Lipinski definition) is 1. The summed E-state index contributed by atoms with van der Waals surface area (Å²) < 4.78 is 0. The molecule has 0 aliphatic rings. The van der Waals surface area contributed by atoms with E-state index in [2.05, 4.69) is 36.2 Å². The van der Waals surface area contributed by atoms with E-state index < -0.39 is 0 Å². The van der Waals surface area contributed by atoms with Crippen LogP contribution >= 0.6 is 11.6 Å². The van der Waals surface area contributed by atoms with Gasteiger partial charge in [0, 0.05) is 11.6 Å². The fraction of sp³-hybridized carbons (Fsp3) is 0.385. The quantitative estimate of drug-likeness (QED) is 0.863. The highest BCUT2D eigenvalue weighted by Gasteiger charge is 2.05. The highest BCUT2D eigenvalue weighted by molar-refractivity contribution is 6.35. The number of aryl methyl sites for hydroxylation is 1. The molecule has 0 bridgehead atoms. The van der Waals surface area contributed by atoms with Crippen molar-refractivity contribution in [3.63, 3.8) is 0 Å². The molecule has 0 saturated carbocycles. The lowest BCUT2D eigenvalue weighted by Gasteiger charge is -2.08. The Kier molecular flexibility index (Phi) is 3.52. The SMILES string of the molecule is CN(C)CCCc1c[nH]c2c(Cl)cccc12. The summed E-state index contributed by atoms with van der Waals surface area (Å²) in [7, 11) is 4.21. The largest absolute Gasteiger partial charge is 0.360 e. The summed E-state index contributed by atoms with van der Waals surface area (Å²) in [6.07, 6.45) is 4.34. The van der Waals surface area contributed by atoms with Crippen LogP contribution in [-0.2, 0) is 6.42 Å². The molecule has 2 nitrogen and oxygen atoms in total. The molecule has 2 aromatic rings. The highest BCUT2D eigenvalue weighted by Crippen LogP contribution is 2.25. The third-order valence-electron chi connectivity index (χ3n) is 2.80. The fourth-order valence-electron chi connectivity index (χ4n) is 1.97. The van der Waals surface area contributed by atoms with Gasteiger partial charge in [-0.05, 0) is 45.1 Å². The molecule has 0 amide bonds. The van der Waals surface area contributed by atoms with Gasteiger partial charge < -0.3 is 9.88 Å². The molecule has 3 heteroatoms. The fourth-order valence-corrected chi connectivity index (χ4v) is 2.20. The van der Waals surface area contributed by atoms with Crippen molar-refractivity contribution in [1.82, 2.24) is 9.88 Å². The van der Waals surface area contributed by atoms with Gasteiger partial charge in [0.25, 0.3) is 0 Å². The van der Waals surface area contributed by atoms with Gasteiger partial charge in [-0.3, -0.25) is 0 Å². The lowest BCUT2D eigenvalue weighted by molar-refractivity contribution is 0.400. The molecule has 16 heavy (non-hydrogen) atoms. The lowest BCUT2D eigenvalue weighted by atomic mass is 10.1. The number of nitrogens with zero attached hydrogens (tertiary/aromatic N) is 1. The molecule has 86 valence electrons. The van der Waals surface area contributed by atoms with Crippen molar-refractivity contribution in [1.29, 1.82) is 0 Å². The van der Waals surface area contributed by atoms with Gasteiger partial charge in [0.15, 0.2) is 0 Å². The summed E-state index contributed by atoms with van der Waals surface area (Å²) in [6.45, 7) is 1.12. The molecule has 0 atom stereocenters. The second-order valence-electron chi connectivity index (χ2n) is 4.38. The van der Waals surface area contributed by atoms with Gasteiger partial charge in [0.1, 0.15) is 0 Å². The van der Waals surface area contributed by atoms with Crippen LogP contribution in [0.2, 0.25) is 5.02 Å². The van der Waals surface area contributed by atoms with Gasteiger partial charge >= 0.3 is 0 Å². The maximum atomic E-state index is 6.12. The van der Waals surface area contributed by atoms with E-state index in [1.54, 1.807) is 0 Å². The van der Waals surface area contributed by atoms with E-state index in [0.29, 0.717) is 0 Å². The van der Waals surface area contributed by atoms with Crippen LogP contribution in [0.4, 0.5) is 0 Å². The van der Waals surface area contributed by atoms with Gasteiger partial charge in [-0.15, -0.1) is 0 Å². The van der Waals surface area contributed by atoms with Crippen molar-refractivity contribution in [2.24, 2.45) is 0 Å². The van der Waals surface area contributed by atoms with Crippen molar-refractivity contribution in [2.75, 3.05) is 20.6 Å². The number of benzene rings is 1.